The van der Waals surface area contributed by atoms with Crippen LogP contribution in [0.1, 0.15) is 45.2 Å². The second kappa shape index (κ2) is 8.99. The molecule has 1 aromatic rings. The minimum absolute atomic E-state index is 0.616. The molecule has 17 heavy (non-hydrogen) atoms. The van der Waals surface area contributed by atoms with Gasteiger partial charge >= 0.3 is 0 Å². The third-order valence-electron chi connectivity index (χ3n) is 2.59. The zero-order valence-electron chi connectivity index (χ0n) is 11.0. The van der Waals surface area contributed by atoms with E-state index < -0.39 is 0 Å². The van der Waals surface area contributed by atoms with Crippen LogP contribution in [-0.2, 0) is 11.3 Å². The van der Waals surface area contributed by atoms with Crippen molar-refractivity contribution in [1.29, 1.82) is 0 Å². The quantitative estimate of drug-likeness (QED) is 0.665. The molecule has 0 aliphatic carbocycles. The van der Waals surface area contributed by atoms with E-state index >= 15 is 0 Å². The Balaban J connectivity index is 2.19. The molecule has 0 bridgehead atoms. The average Bonchev–Trinajstić information content (AvgIpc) is 2.35. The number of pyridine rings is 1. The summed E-state index contributed by atoms with van der Waals surface area (Å²) >= 11 is 0. The Morgan fingerprint density at radius 3 is 2.88 bits per heavy atom. The molecule has 0 amide bonds. The molecule has 1 rings (SSSR count). The van der Waals surface area contributed by atoms with Gasteiger partial charge in [-0.15, -0.1) is 0 Å². The normalized spacial score (nSPS) is 10.5. The van der Waals surface area contributed by atoms with Gasteiger partial charge in [-0.2, -0.15) is 0 Å². The largest absolute Gasteiger partial charge is 0.385 e. The molecule has 0 spiro atoms. The lowest BCUT2D eigenvalue weighted by molar-refractivity contribution is 0.114. The number of anilines is 1. The molecular weight excluding hydrogens is 212 g/mol. The smallest absolute Gasteiger partial charge is 0.0888 e. The van der Waals surface area contributed by atoms with E-state index in [-0.39, 0.29) is 0 Å². The first-order valence-electron chi connectivity index (χ1n) is 6.63. The molecule has 1 aromatic heterocycles. The van der Waals surface area contributed by atoms with E-state index in [9.17, 15) is 0 Å². The van der Waals surface area contributed by atoms with Crippen LogP contribution in [0.25, 0.3) is 0 Å². The van der Waals surface area contributed by atoms with Crippen molar-refractivity contribution in [3.63, 3.8) is 0 Å². The SMILES string of the molecule is CCCCCCOCc1cc(NCC)ccn1. The Bertz CT molecular complexity index is 302. The van der Waals surface area contributed by atoms with Crippen molar-refractivity contribution in [3.05, 3.63) is 24.0 Å². The van der Waals surface area contributed by atoms with E-state index in [0.29, 0.717) is 6.61 Å². The van der Waals surface area contributed by atoms with Crippen LogP contribution in [0.5, 0.6) is 0 Å². The van der Waals surface area contributed by atoms with E-state index in [2.05, 4.69) is 30.2 Å². The lowest BCUT2D eigenvalue weighted by Crippen LogP contribution is -2.01. The first kappa shape index (κ1) is 14.0. The molecule has 96 valence electrons. The van der Waals surface area contributed by atoms with Crippen LogP contribution in [0.3, 0.4) is 0 Å². The maximum atomic E-state index is 5.61. The Kier molecular flexibility index (Phi) is 7.39. The highest BCUT2D eigenvalue weighted by molar-refractivity contribution is 5.42. The molecule has 1 N–H and O–H groups in total. The van der Waals surface area contributed by atoms with Gasteiger partial charge in [0.05, 0.1) is 12.3 Å². The molecule has 3 nitrogen and oxygen atoms in total. The lowest BCUT2D eigenvalue weighted by atomic mass is 10.2. The zero-order valence-corrected chi connectivity index (χ0v) is 11.0. The molecule has 1 heterocycles. The summed E-state index contributed by atoms with van der Waals surface area (Å²) in [5.41, 5.74) is 2.12. The van der Waals surface area contributed by atoms with Gasteiger partial charge < -0.3 is 10.1 Å². The number of rotatable bonds is 9. The maximum absolute atomic E-state index is 5.61. The lowest BCUT2D eigenvalue weighted by Gasteiger charge is -2.06. The molecule has 0 aromatic carbocycles. The Labute approximate surface area is 105 Å². The van der Waals surface area contributed by atoms with Crippen molar-refractivity contribution >= 4 is 5.69 Å². The highest BCUT2D eigenvalue weighted by Crippen LogP contribution is 2.08. The van der Waals surface area contributed by atoms with Gasteiger partial charge in [-0.05, 0) is 25.5 Å². The van der Waals surface area contributed by atoms with Crippen molar-refractivity contribution < 1.29 is 4.74 Å². The van der Waals surface area contributed by atoms with Crippen molar-refractivity contribution in [2.24, 2.45) is 0 Å². The third kappa shape index (κ3) is 6.27. The number of unbranched alkanes of at least 4 members (excludes halogenated alkanes) is 3. The number of ether oxygens (including phenoxy) is 1. The van der Waals surface area contributed by atoms with Crippen LogP contribution in [-0.4, -0.2) is 18.1 Å². The van der Waals surface area contributed by atoms with Crippen LogP contribution in [0.15, 0.2) is 18.3 Å². The fourth-order valence-electron chi connectivity index (χ4n) is 1.68. The van der Waals surface area contributed by atoms with Gasteiger partial charge in [0.25, 0.3) is 0 Å². The molecular formula is C14H24N2O. The minimum atomic E-state index is 0.616. The summed E-state index contributed by atoms with van der Waals surface area (Å²) < 4.78 is 5.61. The number of nitrogens with zero attached hydrogens (tertiary/aromatic N) is 1. The highest BCUT2D eigenvalue weighted by Gasteiger charge is 1.97. The van der Waals surface area contributed by atoms with Gasteiger partial charge in [-0.3, -0.25) is 4.98 Å². The standard InChI is InChI=1S/C14H24N2O/c1-3-5-6-7-10-17-12-14-11-13(15-4-2)8-9-16-14/h8-9,11H,3-7,10,12H2,1-2H3,(H,15,16). The van der Waals surface area contributed by atoms with E-state index in [1.54, 1.807) is 0 Å². The zero-order chi connectivity index (χ0) is 12.3. The van der Waals surface area contributed by atoms with Gasteiger partial charge in [0.1, 0.15) is 0 Å². The van der Waals surface area contributed by atoms with Crippen LogP contribution >= 0.6 is 0 Å². The third-order valence-corrected chi connectivity index (χ3v) is 2.59. The Hall–Kier alpha value is -1.09. The molecule has 3 heteroatoms. The second-order valence-corrected chi connectivity index (χ2v) is 4.18. The van der Waals surface area contributed by atoms with Crippen LogP contribution in [0, 0.1) is 0 Å². The van der Waals surface area contributed by atoms with Crippen LogP contribution in [0.2, 0.25) is 0 Å². The number of aromatic nitrogens is 1. The number of hydrogen-bond acceptors (Lipinski definition) is 3. The molecule has 0 atom stereocenters. The average molecular weight is 236 g/mol. The topological polar surface area (TPSA) is 34.1 Å². The van der Waals surface area contributed by atoms with Crippen molar-refractivity contribution in [1.82, 2.24) is 4.98 Å². The molecule has 0 saturated heterocycles. The number of hydrogen-bond donors (Lipinski definition) is 1. The van der Waals surface area contributed by atoms with E-state index in [1.807, 2.05) is 12.3 Å². The molecule has 0 radical (unpaired) electrons. The highest BCUT2D eigenvalue weighted by atomic mass is 16.5. The van der Waals surface area contributed by atoms with E-state index in [1.165, 1.54) is 19.3 Å². The summed E-state index contributed by atoms with van der Waals surface area (Å²) in [4.78, 5) is 4.29. The fraction of sp³-hybridized carbons (Fsp3) is 0.643. The summed E-state index contributed by atoms with van der Waals surface area (Å²) in [7, 11) is 0. The van der Waals surface area contributed by atoms with Crippen molar-refractivity contribution in [2.45, 2.75) is 46.1 Å². The second-order valence-electron chi connectivity index (χ2n) is 4.18. The Morgan fingerprint density at radius 2 is 2.12 bits per heavy atom. The first-order chi connectivity index (χ1) is 8.36. The van der Waals surface area contributed by atoms with Gasteiger partial charge in [-0.1, -0.05) is 26.2 Å². The molecule has 0 aliphatic heterocycles. The van der Waals surface area contributed by atoms with Gasteiger partial charge in [0, 0.05) is 25.0 Å². The minimum Gasteiger partial charge on any atom is -0.385 e. The van der Waals surface area contributed by atoms with Crippen molar-refractivity contribution in [3.8, 4) is 0 Å². The summed E-state index contributed by atoms with van der Waals surface area (Å²) in [6.07, 6.45) is 6.82. The molecule has 0 aliphatic rings. The summed E-state index contributed by atoms with van der Waals surface area (Å²) in [5, 5.41) is 3.27. The van der Waals surface area contributed by atoms with Crippen molar-refractivity contribution in [2.75, 3.05) is 18.5 Å². The van der Waals surface area contributed by atoms with Crippen LogP contribution in [0.4, 0.5) is 5.69 Å². The maximum Gasteiger partial charge on any atom is 0.0888 e. The van der Waals surface area contributed by atoms with Gasteiger partial charge in [0.15, 0.2) is 0 Å². The van der Waals surface area contributed by atoms with E-state index in [4.69, 9.17) is 4.74 Å². The predicted octanol–water partition coefficient (Wildman–Crippen LogP) is 3.61. The summed E-state index contributed by atoms with van der Waals surface area (Å²) in [6, 6.07) is 4.03. The fourth-order valence-corrected chi connectivity index (χ4v) is 1.68. The van der Waals surface area contributed by atoms with Crippen LogP contribution < -0.4 is 5.32 Å². The molecule has 0 saturated carbocycles. The molecule has 0 fully saturated rings. The Morgan fingerprint density at radius 1 is 1.24 bits per heavy atom. The first-order valence-corrected chi connectivity index (χ1v) is 6.63. The predicted molar refractivity (Wildman–Crippen MR) is 72.2 cm³/mol. The summed E-state index contributed by atoms with van der Waals surface area (Å²) in [5.74, 6) is 0. The van der Waals surface area contributed by atoms with E-state index in [0.717, 1.165) is 31.0 Å². The molecule has 0 unspecified atom stereocenters. The van der Waals surface area contributed by atoms with Gasteiger partial charge in [0.2, 0.25) is 0 Å². The number of nitrogens with one attached hydrogen (secondary N) is 1. The monoisotopic (exact) mass is 236 g/mol. The van der Waals surface area contributed by atoms with Gasteiger partial charge in [-0.25, -0.2) is 0 Å². The summed E-state index contributed by atoms with van der Waals surface area (Å²) in [6.45, 7) is 6.70.